The number of carbonyl (C=O) groups is 2. The van der Waals surface area contributed by atoms with E-state index < -0.39 is 5.97 Å². The van der Waals surface area contributed by atoms with Crippen LogP contribution in [0.4, 0.5) is 0 Å². The van der Waals surface area contributed by atoms with Gasteiger partial charge < -0.3 is 18.9 Å². The summed E-state index contributed by atoms with van der Waals surface area (Å²) in [6.07, 6.45) is 0.738. The second-order valence-corrected chi connectivity index (χ2v) is 6.71. The Labute approximate surface area is 171 Å². The van der Waals surface area contributed by atoms with Gasteiger partial charge in [0.2, 0.25) is 0 Å². The van der Waals surface area contributed by atoms with Crippen LogP contribution in [-0.2, 0) is 16.1 Å². The number of methoxy groups -OCH3 is 2. The Morgan fingerprint density at radius 1 is 1.07 bits per heavy atom. The SMILES string of the molecule is COc1ccc(-c2nc(COC(=O)COc3ccc(C=O)cc3)cs2)cc1OC. The number of carbonyl (C=O) groups excluding carboxylic acids is 2. The molecule has 0 fully saturated rings. The molecule has 1 aromatic heterocycles. The van der Waals surface area contributed by atoms with Crippen molar-refractivity contribution in [3.63, 3.8) is 0 Å². The van der Waals surface area contributed by atoms with E-state index in [4.69, 9.17) is 18.9 Å². The number of hydrogen-bond donors (Lipinski definition) is 0. The number of hydrogen-bond acceptors (Lipinski definition) is 8. The monoisotopic (exact) mass is 413 g/mol. The average Bonchev–Trinajstić information content (AvgIpc) is 3.25. The first kappa shape index (κ1) is 20.3. The van der Waals surface area contributed by atoms with Gasteiger partial charge in [-0.3, -0.25) is 4.79 Å². The highest BCUT2D eigenvalue weighted by atomic mass is 32.1. The second-order valence-electron chi connectivity index (χ2n) is 5.85. The molecule has 3 aromatic rings. The first-order valence-corrected chi connectivity index (χ1v) is 9.51. The van der Waals surface area contributed by atoms with Crippen molar-refractivity contribution in [3.05, 3.63) is 59.1 Å². The van der Waals surface area contributed by atoms with Crippen LogP contribution in [0.5, 0.6) is 17.2 Å². The van der Waals surface area contributed by atoms with Crippen LogP contribution in [0.2, 0.25) is 0 Å². The number of ether oxygens (including phenoxy) is 4. The zero-order chi connectivity index (χ0) is 20.6. The van der Waals surface area contributed by atoms with E-state index in [0.29, 0.717) is 28.5 Å². The highest BCUT2D eigenvalue weighted by Gasteiger charge is 2.11. The van der Waals surface area contributed by atoms with Crippen LogP contribution >= 0.6 is 11.3 Å². The fourth-order valence-electron chi connectivity index (χ4n) is 2.46. The van der Waals surface area contributed by atoms with Crippen LogP contribution in [0.3, 0.4) is 0 Å². The lowest BCUT2D eigenvalue weighted by Gasteiger charge is -2.08. The molecule has 0 N–H and O–H groups in total. The smallest absolute Gasteiger partial charge is 0.344 e. The predicted molar refractivity (Wildman–Crippen MR) is 108 cm³/mol. The minimum atomic E-state index is -0.509. The largest absolute Gasteiger partial charge is 0.493 e. The van der Waals surface area contributed by atoms with Crippen LogP contribution in [-0.4, -0.2) is 38.1 Å². The maximum Gasteiger partial charge on any atom is 0.344 e. The summed E-state index contributed by atoms with van der Waals surface area (Å²) in [5, 5.41) is 2.61. The van der Waals surface area contributed by atoms with Gasteiger partial charge >= 0.3 is 5.97 Å². The molecule has 0 radical (unpaired) electrons. The van der Waals surface area contributed by atoms with E-state index in [1.54, 1.807) is 38.5 Å². The highest BCUT2D eigenvalue weighted by Crippen LogP contribution is 2.33. The van der Waals surface area contributed by atoms with Crippen LogP contribution in [0.1, 0.15) is 16.1 Å². The van der Waals surface area contributed by atoms with E-state index in [1.165, 1.54) is 11.3 Å². The van der Waals surface area contributed by atoms with E-state index in [2.05, 4.69) is 4.98 Å². The topological polar surface area (TPSA) is 84.0 Å². The molecule has 0 aliphatic heterocycles. The lowest BCUT2D eigenvalue weighted by atomic mass is 10.2. The normalized spacial score (nSPS) is 10.3. The summed E-state index contributed by atoms with van der Waals surface area (Å²) < 4.78 is 21.1. The van der Waals surface area contributed by atoms with Crippen LogP contribution in [0.15, 0.2) is 47.8 Å². The number of esters is 1. The molecule has 29 heavy (non-hydrogen) atoms. The van der Waals surface area contributed by atoms with E-state index in [9.17, 15) is 9.59 Å². The molecule has 150 valence electrons. The van der Waals surface area contributed by atoms with Crippen molar-refractivity contribution < 1.29 is 28.5 Å². The molecule has 0 unspecified atom stereocenters. The van der Waals surface area contributed by atoms with Crippen molar-refractivity contribution in [2.45, 2.75) is 6.61 Å². The van der Waals surface area contributed by atoms with Crippen molar-refractivity contribution in [3.8, 4) is 27.8 Å². The predicted octanol–water partition coefficient (Wildman–Crippen LogP) is 3.76. The summed E-state index contributed by atoms with van der Waals surface area (Å²) >= 11 is 1.44. The number of benzene rings is 2. The molecular formula is C21H19NO6S. The Morgan fingerprint density at radius 2 is 1.83 bits per heavy atom. The first-order valence-electron chi connectivity index (χ1n) is 8.63. The van der Waals surface area contributed by atoms with Gasteiger partial charge in [0.25, 0.3) is 0 Å². The number of aromatic nitrogens is 1. The third-order valence-corrected chi connectivity index (χ3v) is 4.88. The molecule has 0 atom stereocenters. The molecule has 0 spiro atoms. The highest BCUT2D eigenvalue weighted by molar-refractivity contribution is 7.13. The molecule has 8 heteroatoms. The summed E-state index contributed by atoms with van der Waals surface area (Å²) in [6, 6.07) is 12.0. The van der Waals surface area contributed by atoms with E-state index in [0.717, 1.165) is 16.9 Å². The van der Waals surface area contributed by atoms with Gasteiger partial charge in [-0.25, -0.2) is 9.78 Å². The van der Waals surface area contributed by atoms with E-state index >= 15 is 0 Å². The Bertz CT molecular complexity index is 983. The van der Waals surface area contributed by atoms with Gasteiger partial charge in [-0.05, 0) is 42.5 Å². The van der Waals surface area contributed by atoms with Crippen molar-refractivity contribution in [1.29, 1.82) is 0 Å². The van der Waals surface area contributed by atoms with Gasteiger partial charge in [0, 0.05) is 16.5 Å². The number of nitrogens with zero attached hydrogens (tertiary/aromatic N) is 1. The average molecular weight is 413 g/mol. The molecule has 0 aliphatic rings. The van der Waals surface area contributed by atoms with Crippen molar-refractivity contribution in [2.75, 3.05) is 20.8 Å². The molecule has 0 bridgehead atoms. The molecule has 0 amide bonds. The molecule has 0 aliphatic carbocycles. The summed E-state index contributed by atoms with van der Waals surface area (Å²) in [4.78, 5) is 27.0. The van der Waals surface area contributed by atoms with E-state index in [-0.39, 0.29) is 13.2 Å². The second kappa shape index (κ2) is 9.70. The number of aldehydes is 1. The fraction of sp³-hybridized carbons (Fsp3) is 0.190. The molecule has 0 saturated heterocycles. The Balaban J connectivity index is 1.53. The zero-order valence-corrected chi connectivity index (χ0v) is 16.7. The molecule has 3 rings (SSSR count). The van der Waals surface area contributed by atoms with Gasteiger partial charge in [-0.2, -0.15) is 0 Å². The zero-order valence-electron chi connectivity index (χ0n) is 15.9. The summed E-state index contributed by atoms with van der Waals surface area (Å²) in [6.45, 7) is -0.177. The number of thiazole rings is 1. The van der Waals surface area contributed by atoms with E-state index in [1.807, 2.05) is 23.6 Å². The Morgan fingerprint density at radius 3 is 2.52 bits per heavy atom. The first-order chi connectivity index (χ1) is 14.1. The van der Waals surface area contributed by atoms with Gasteiger partial charge in [-0.1, -0.05) is 0 Å². The Kier molecular flexibility index (Phi) is 6.80. The summed E-state index contributed by atoms with van der Waals surface area (Å²) in [5.41, 5.74) is 2.06. The number of rotatable bonds is 9. The lowest BCUT2D eigenvalue weighted by molar-refractivity contribution is -0.147. The minimum Gasteiger partial charge on any atom is -0.493 e. The van der Waals surface area contributed by atoms with Crippen molar-refractivity contribution in [2.24, 2.45) is 0 Å². The Hall–Kier alpha value is -3.39. The fourth-order valence-corrected chi connectivity index (χ4v) is 3.26. The summed E-state index contributed by atoms with van der Waals surface area (Å²) in [7, 11) is 3.16. The maximum atomic E-state index is 11.9. The maximum absolute atomic E-state index is 11.9. The van der Waals surface area contributed by atoms with Gasteiger partial charge in [-0.15, -0.1) is 11.3 Å². The van der Waals surface area contributed by atoms with Crippen LogP contribution < -0.4 is 14.2 Å². The van der Waals surface area contributed by atoms with Gasteiger partial charge in [0.1, 0.15) is 23.7 Å². The lowest BCUT2D eigenvalue weighted by Crippen LogP contribution is -2.14. The summed E-state index contributed by atoms with van der Waals surface area (Å²) in [5.74, 6) is 1.23. The van der Waals surface area contributed by atoms with Gasteiger partial charge in [0.15, 0.2) is 18.1 Å². The van der Waals surface area contributed by atoms with Crippen LogP contribution in [0, 0.1) is 0 Å². The molecular weight excluding hydrogens is 394 g/mol. The minimum absolute atomic E-state index is 0.0516. The van der Waals surface area contributed by atoms with Gasteiger partial charge in [0.05, 0.1) is 19.9 Å². The standard InChI is InChI=1S/C21H19NO6S/c1-25-18-8-5-15(9-19(18)26-2)21-22-16(13-29-21)11-28-20(24)12-27-17-6-3-14(10-23)4-7-17/h3-10,13H,11-12H2,1-2H3. The van der Waals surface area contributed by atoms with Crippen molar-refractivity contribution in [1.82, 2.24) is 4.98 Å². The molecule has 2 aromatic carbocycles. The molecule has 7 nitrogen and oxygen atoms in total. The third-order valence-electron chi connectivity index (χ3n) is 3.94. The van der Waals surface area contributed by atoms with Crippen LogP contribution in [0.25, 0.3) is 10.6 Å². The third kappa shape index (κ3) is 5.32. The quantitative estimate of drug-likeness (QED) is 0.390. The molecule has 1 heterocycles. The molecule has 0 saturated carbocycles. The van der Waals surface area contributed by atoms with Crippen molar-refractivity contribution >= 4 is 23.6 Å².